The maximum Gasteiger partial charge on any atom is 0.254 e. The van der Waals surface area contributed by atoms with Crippen molar-refractivity contribution < 1.29 is 14.1 Å². The second kappa shape index (κ2) is 6.42. The summed E-state index contributed by atoms with van der Waals surface area (Å²) in [6, 6.07) is 8.40. The maximum absolute atomic E-state index is 12.6. The summed E-state index contributed by atoms with van der Waals surface area (Å²) in [5.74, 6) is 0.488. The molecule has 0 radical (unpaired) electrons. The average molecular weight is 334 g/mol. The Morgan fingerprint density at radius 3 is 2.61 bits per heavy atom. The SMILES string of the molecule is Cc1cc(NC(=O)CN(C(=O)c2ccc(Cl)cc2)C2CC2)no1. The van der Waals surface area contributed by atoms with Crippen LogP contribution in [0, 0.1) is 6.92 Å². The number of carbonyl (C=O) groups is 2. The molecule has 0 saturated heterocycles. The van der Waals surface area contributed by atoms with Crippen LogP contribution in [0.15, 0.2) is 34.9 Å². The molecule has 7 heteroatoms. The third-order valence-electron chi connectivity index (χ3n) is 3.55. The number of nitrogens with one attached hydrogen (secondary N) is 1. The van der Waals surface area contributed by atoms with Crippen LogP contribution in [-0.2, 0) is 4.79 Å². The first-order valence-electron chi connectivity index (χ1n) is 7.32. The van der Waals surface area contributed by atoms with Crippen molar-refractivity contribution in [3.63, 3.8) is 0 Å². The van der Waals surface area contributed by atoms with E-state index in [1.165, 1.54) is 0 Å². The van der Waals surface area contributed by atoms with Gasteiger partial charge in [0.05, 0.1) is 0 Å². The summed E-state index contributed by atoms with van der Waals surface area (Å²) in [6.45, 7) is 1.72. The first kappa shape index (κ1) is 15.6. The molecule has 0 atom stereocenters. The third kappa shape index (κ3) is 3.90. The van der Waals surface area contributed by atoms with Crippen molar-refractivity contribution in [2.24, 2.45) is 0 Å². The molecule has 1 fully saturated rings. The summed E-state index contributed by atoms with van der Waals surface area (Å²) < 4.78 is 4.90. The summed E-state index contributed by atoms with van der Waals surface area (Å²) in [7, 11) is 0. The minimum atomic E-state index is -0.299. The number of rotatable bonds is 5. The van der Waals surface area contributed by atoms with E-state index in [9.17, 15) is 9.59 Å². The highest BCUT2D eigenvalue weighted by Gasteiger charge is 2.34. The van der Waals surface area contributed by atoms with E-state index in [1.54, 1.807) is 42.2 Å². The van der Waals surface area contributed by atoms with Gasteiger partial charge >= 0.3 is 0 Å². The fourth-order valence-electron chi connectivity index (χ4n) is 2.27. The molecule has 0 bridgehead atoms. The lowest BCUT2D eigenvalue weighted by molar-refractivity contribution is -0.117. The maximum atomic E-state index is 12.6. The van der Waals surface area contributed by atoms with Gasteiger partial charge in [-0.25, -0.2) is 0 Å². The van der Waals surface area contributed by atoms with E-state index in [0.717, 1.165) is 12.8 Å². The molecule has 1 N–H and O–H groups in total. The van der Waals surface area contributed by atoms with E-state index in [4.69, 9.17) is 16.1 Å². The second-order valence-corrected chi connectivity index (χ2v) is 5.98. The van der Waals surface area contributed by atoms with Crippen molar-refractivity contribution in [2.45, 2.75) is 25.8 Å². The summed E-state index contributed by atoms with van der Waals surface area (Å²) >= 11 is 5.84. The highest BCUT2D eigenvalue weighted by Crippen LogP contribution is 2.28. The van der Waals surface area contributed by atoms with E-state index in [0.29, 0.717) is 22.2 Å². The summed E-state index contributed by atoms with van der Waals surface area (Å²) in [4.78, 5) is 26.3. The Morgan fingerprint density at radius 2 is 2.04 bits per heavy atom. The fraction of sp³-hybridized carbons (Fsp3) is 0.312. The predicted octanol–water partition coefficient (Wildman–Crippen LogP) is 2.88. The van der Waals surface area contributed by atoms with Gasteiger partial charge in [0.1, 0.15) is 12.3 Å². The number of halogens is 1. The highest BCUT2D eigenvalue weighted by molar-refractivity contribution is 6.30. The zero-order chi connectivity index (χ0) is 16.4. The standard InChI is InChI=1S/C16H16ClN3O3/c1-10-8-14(19-23-10)18-15(21)9-20(13-6-7-13)16(22)11-2-4-12(17)5-3-11/h2-5,8,13H,6-7,9H2,1H3,(H,18,19,21). The topological polar surface area (TPSA) is 75.4 Å². The fourth-order valence-corrected chi connectivity index (χ4v) is 2.40. The van der Waals surface area contributed by atoms with E-state index in [1.807, 2.05) is 0 Å². The van der Waals surface area contributed by atoms with E-state index in [2.05, 4.69) is 10.5 Å². The quantitative estimate of drug-likeness (QED) is 0.912. The minimum absolute atomic E-state index is 0.0158. The van der Waals surface area contributed by atoms with Gasteiger partial charge in [-0.05, 0) is 44.0 Å². The molecular weight excluding hydrogens is 318 g/mol. The van der Waals surface area contributed by atoms with Crippen molar-refractivity contribution in [2.75, 3.05) is 11.9 Å². The Balaban J connectivity index is 1.68. The number of nitrogens with zero attached hydrogens (tertiary/aromatic N) is 2. The molecule has 0 unspecified atom stereocenters. The molecule has 0 aliphatic heterocycles. The predicted molar refractivity (Wildman–Crippen MR) is 85.4 cm³/mol. The molecule has 6 nitrogen and oxygen atoms in total. The lowest BCUT2D eigenvalue weighted by Gasteiger charge is -2.21. The Bertz CT molecular complexity index is 722. The van der Waals surface area contributed by atoms with Gasteiger partial charge in [0.25, 0.3) is 5.91 Å². The number of hydrogen-bond donors (Lipinski definition) is 1. The number of aryl methyl sites for hydroxylation is 1. The largest absolute Gasteiger partial charge is 0.360 e. The van der Waals surface area contributed by atoms with Crippen LogP contribution < -0.4 is 5.32 Å². The smallest absolute Gasteiger partial charge is 0.254 e. The normalized spacial score (nSPS) is 13.7. The van der Waals surface area contributed by atoms with Crippen LogP contribution in [0.3, 0.4) is 0 Å². The van der Waals surface area contributed by atoms with Crippen molar-refractivity contribution >= 4 is 29.2 Å². The van der Waals surface area contributed by atoms with Gasteiger partial charge in [0.15, 0.2) is 5.82 Å². The monoisotopic (exact) mass is 333 g/mol. The molecule has 2 amide bonds. The van der Waals surface area contributed by atoms with Gasteiger partial charge in [0.2, 0.25) is 5.91 Å². The van der Waals surface area contributed by atoms with Gasteiger partial charge in [-0.3, -0.25) is 9.59 Å². The highest BCUT2D eigenvalue weighted by atomic mass is 35.5. The summed E-state index contributed by atoms with van der Waals surface area (Å²) in [5, 5.41) is 6.91. The van der Waals surface area contributed by atoms with E-state index < -0.39 is 0 Å². The van der Waals surface area contributed by atoms with Crippen LogP contribution in [-0.4, -0.2) is 34.5 Å². The second-order valence-electron chi connectivity index (χ2n) is 5.54. The Hall–Kier alpha value is -2.34. The number of hydrogen-bond acceptors (Lipinski definition) is 4. The van der Waals surface area contributed by atoms with Gasteiger partial charge in [-0.1, -0.05) is 16.8 Å². The van der Waals surface area contributed by atoms with Crippen LogP contribution >= 0.6 is 11.6 Å². The zero-order valence-electron chi connectivity index (χ0n) is 12.6. The number of aromatic nitrogens is 1. The number of carbonyl (C=O) groups excluding carboxylic acids is 2. The molecule has 1 saturated carbocycles. The van der Waals surface area contributed by atoms with Crippen LogP contribution in [0.4, 0.5) is 5.82 Å². The summed E-state index contributed by atoms with van der Waals surface area (Å²) in [5.41, 5.74) is 0.520. The molecule has 1 aliphatic carbocycles. The summed E-state index contributed by atoms with van der Waals surface area (Å²) in [6.07, 6.45) is 1.82. The molecule has 120 valence electrons. The number of amides is 2. The van der Waals surface area contributed by atoms with Gasteiger partial charge in [-0.2, -0.15) is 0 Å². The van der Waals surface area contributed by atoms with Crippen LogP contribution in [0.2, 0.25) is 5.02 Å². The van der Waals surface area contributed by atoms with Crippen LogP contribution in [0.25, 0.3) is 0 Å². The Kier molecular flexibility index (Phi) is 4.34. The molecule has 1 aromatic heterocycles. The molecule has 0 spiro atoms. The Morgan fingerprint density at radius 1 is 1.35 bits per heavy atom. The third-order valence-corrected chi connectivity index (χ3v) is 3.80. The average Bonchev–Trinajstić information content (AvgIpc) is 3.28. The van der Waals surface area contributed by atoms with E-state index in [-0.39, 0.29) is 24.4 Å². The number of benzene rings is 1. The molecule has 3 rings (SSSR count). The minimum Gasteiger partial charge on any atom is -0.360 e. The van der Waals surface area contributed by atoms with Gasteiger partial charge in [-0.15, -0.1) is 0 Å². The van der Waals surface area contributed by atoms with Crippen molar-refractivity contribution in [1.29, 1.82) is 0 Å². The lowest BCUT2D eigenvalue weighted by atomic mass is 10.2. The van der Waals surface area contributed by atoms with E-state index >= 15 is 0 Å². The molecule has 1 aliphatic rings. The molecular formula is C16H16ClN3O3. The molecule has 1 aromatic carbocycles. The zero-order valence-corrected chi connectivity index (χ0v) is 13.3. The molecule has 1 heterocycles. The van der Waals surface area contributed by atoms with Crippen LogP contribution in [0.1, 0.15) is 29.0 Å². The Labute approximate surface area is 138 Å². The van der Waals surface area contributed by atoms with Crippen molar-refractivity contribution in [3.05, 3.63) is 46.7 Å². The molecule has 2 aromatic rings. The molecule has 23 heavy (non-hydrogen) atoms. The first-order valence-corrected chi connectivity index (χ1v) is 7.70. The van der Waals surface area contributed by atoms with Crippen molar-refractivity contribution in [1.82, 2.24) is 10.1 Å². The van der Waals surface area contributed by atoms with Gasteiger partial charge < -0.3 is 14.7 Å². The number of anilines is 1. The lowest BCUT2D eigenvalue weighted by Crippen LogP contribution is -2.39. The van der Waals surface area contributed by atoms with Crippen molar-refractivity contribution in [3.8, 4) is 0 Å². The van der Waals surface area contributed by atoms with Crippen LogP contribution in [0.5, 0.6) is 0 Å². The van der Waals surface area contributed by atoms with Gasteiger partial charge in [0, 0.05) is 22.7 Å². The first-order chi connectivity index (χ1) is 11.0.